The van der Waals surface area contributed by atoms with E-state index in [1.807, 2.05) is 4.52 Å². The Bertz CT molecular complexity index is 579. The molecule has 1 N–H and O–H groups in total. The van der Waals surface area contributed by atoms with E-state index in [0.29, 0.717) is 6.04 Å². The van der Waals surface area contributed by atoms with E-state index >= 15 is 0 Å². The van der Waals surface area contributed by atoms with Crippen molar-refractivity contribution in [2.45, 2.75) is 52.0 Å². The molecule has 0 bridgehead atoms. The van der Waals surface area contributed by atoms with E-state index in [9.17, 15) is 0 Å². The molecule has 2 aromatic heterocycles. The summed E-state index contributed by atoms with van der Waals surface area (Å²) in [5.41, 5.74) is -0.0297. The summed E-state index contributed by atoms with van der Waals surface area (Å²) in [4.78, 5) is 0.903. The van der Waals surface area contributed by atoms with Gasteiger partial charge in [0.15, 0.2) is 5.82 Å². The molecule has 0 spiro atoms. The lowest BCUT2D eigenvalue weighted by atomic mass is 9.95. The van der Waals surface area contributed by atoms with Gasteiger partial charge < -0.3 is 5.32 Å². The van der Waals surface area contributed by atoms with Crippen molar-refractivity contribution in [2.75, 3.05) is 6.54 Å². The first-order valence-electron chi connectivity index (χ1n) is 6.91. The van der Waals surface area contributed by atoms with Crippen LogP contribution in [0.3, 0.4) is 0 Å². The van der Waals surface area contributed by atoms with Crippen molar-refractivity contribution in [3.05, 3.63) is 10.8 Å². The van der Waals surface area contributed by atoms with Gasteiger partial charge in [-0.15, -0.1) is 10.2 Å². The zero-order chi connectivity index (χ0) is 13.6. The molecule has 1 aliphatic rings. The molecule has 1 aliphatic heterocycles. The van der Waals surface area contributed by atoms with Gasteiger partial charge in [-0.05, 0) is 25.3 Å². The van der Waals surface area contributed by atoms with E-state index in [-0.39, 0.29) is 5.41 Å². The van der Waals surface area contributed by atoms with Crippen LogP contribution in [-0.2, 0) is 5.41 Å². The normalized spacial score (nSPS) is 25.1. The first kappa shape index (κ1) is 13.0. The molecule has 0 aliphatic carbocycles. The number of aromatic nitrogens is 4. The number of rotatable bonds is 1. The molecule has 6 heteroatoms. The van der Waals surface area contributed by atoms with Gasteiger partial charge in [0.25, 0.3) is 0 Å². The van der Waals surface area contributed by atoms with Crippen molar-refractivity contribution < 1.29 is 0 Å². The maximum atomic E-state index is 4.74. The predicted octanol–water partition coefficient (Wildman–Crippen LogP) is 2.54. The standard InChI is InChI=1S/C13H21N5S/c1-8-5-6-14-9(7-8)10-17-18-11(13(2,3)4)15-16-12(18)19-10/h8-9,14H,5-7H2,1-4H3. The summed E-state index contributed by atoms with van der Waals surface area (Å²) in [7, 11) is 0. The Kier molecular flexibility index (Phi) is 3.09. The monoisotopic (exact) mass is 279 g/mol. The smallest absolute Gasteiger partial charge is 0.234 e. The predicted molar refractivity (Wildman–Crippen MR) is 76.5 cm³/mol. The first-order valence-corrected chi connectivity index (χ1v) is 7.73. The fourth-order valence-corrected chi connectivity index (χ4v) is 3.46. The lowest BCUT2D eigenvalue weighted by Gasteiger charge is -2.26. The van der Waals surface area contributed by atoms with Crippen molar-refractivity contribution in [1.82, 2.24) is 25.1 Å². The molecule has 2 unspecified atom stereocenters. The molecule has 2 aromatic rings. The Labute approximate surface area is 117 Å². The molecular formula is C13H21N5S. The van der Waals surface area contributed by atoms with Crippen LogP contribution in [0.4, 0.5) is 0 Å². The summed E-state index contributed by atoms with van der Waals surface area (Å²) in [6.45, 7) is 9.82. The van der Waals surface area contributed by atoms with E-state index in [4.69, 9.17) is 5.10 Å². The van der Waals surface area contributed by atoms with Crippen molar-refractivity contribution >= 4 is 16.3 Å². The largest absolute Gasteiger partial charge is 0.308 e. The van der Waals surface area contributed by atoms with E-state index < -0.39 is 0 Å². The highest BCUT2D eigenvalue weighted by atomic mass is 32.1. The van der Waals surface area contributed by atoms with Gasteiger partial charge in [-0.3, -0.25) is 0 Å². The van der Waals surface area contributed by atoms with Crippen LogP contribution in [0.5, 0.6) is 0 Å². The zero-order valence-corrected chi connectivity index (χ0v) is 12.8. The van der Waals surface area contributed by atoms with Gasteiger partial charge in [0.1, 0.15) is 5.01 Å². The van der Waals surface area contributed by atoms with Crippen LogP contribution in [0.2, 0.25) is 0 Å². The fraction of sp³-hybridized carbons (Fsp3) is 0.769. The van der Waals surface area contributed by atoms with Crippen LogP contribution < -0.4 is 5.32 Å². The molecular weight excluding hydrogens is 258 g/mol. The first-order chi connectivity index (χ1) is 8.95. The third-order valence-electron chi connectivity index (χ3n) is 3.64. The molecule has 1 saturated heterocycles. The minimum atomic E-state index is -0.0297. The van der Waals surface area contributed by atoms with Crippen LogP contribution in [0.15, 0.2) is 0 Å². The third kappa shape index (κ3) is 2.39. The molecule has 0 aromatic carbocycles. The fourth-order valence-electron chi connectivity index (χ4n) is 2.54. The van der Waals surface area contributed by atoms with Crippen LogP contribution >= 0.6 is 11.3 Å². The van der Waals surface area contributed by atoms with Crippen LogP contribution in [0.1, 0.15) is 57.4 Å². The number of nitrogens with one attached hydrogen (secondary N) is 1. The minimum absolute atomic E-state index is 0.0297. The second kappa shape index (κ2) is 4.52. The van der Waals surface area contributed by atoms with Gasteiger partial charge in [-0.2, -0.15) is 9.61 Å². The lowest BCUT2D eigenvalue weighted by molar-refractivity contribution is 0.323. The number of nitrogens with zero attached hydrogens (tertiary/aromatic N) is 4. The lowest BCUT2D eigenvalue weighted by Crippen LogP contribution is -2.30. The highest BCUT2D eigenvalue weighted by Crippen LogP contribution is 2.31. The van der Waals surface area contributed by atoms with Crippen molar-refractivity contribution in [1.29, 1.82) is 0 Å². The quantitative estimate of drug-likeness (QED) is 0.871. The Hall–Kier alpha value is -1.01. The van der Waals surface area contributed by atoms with E-state index in [1.165, 1.54) is 6.42 Å². The van der Waals surface area contributed by atoms with Crippen LogP contribution in [0, 0.1) is 5.92 Å². The van der Waals surface area contributed by atoms with Crippen molar-refractivity contribution in [3.8, 4) is 0 Å². The van der Waals surface area contributed by atoms with Gasteiger partial charge >= 0.3 is 0 Å². The second-order valence-electron chi connectivity index (χ2n) is 6.54. The molecule has 3 rings (SSSR count). The zero-order valence-electron chi connectivity index (χ0n) is 12.0. The highest BCUT2D eigenvalue weighted by Gasteiger charge is 2.27. The van der Waals surface area contributed by atoms with Gasteiger partial charge in [0, 0.05) is 5.41 Å². The summed E-state index contributed by atoms with van der Waals surface area (Å²) in [5.74, 6) is 1.71. The van der Waals surface area contributed by atoms with E-state index in [1.54, 1.807) is 11.3 Å². The van der Waals surface area contributed by atoms with Gasteiger partial charge in [-0.1, -0.05) is 39.0 Å². The molecule has 0 radical (unpaired) electrons. The molecule has 5 nitrogen and oxygen atoms in total. The van der Waals surface area contributed by atoms with Crippen LogP contribution in [0.25, 0.3) is 4.96 Å². The van der Waals surface area contributed by atoms with Gasteiger partial charge in [0.05, 0.1) is 6.04 Å². The number of fused-ring (bicyclic) bond motifs is 1. The van der Waals surface area contributed by atoms with Crippen LogP contribution in [-0.4, -0.2) is 26.4 Å². The molecule has 104 valence electrons. The van der Waals surface area contributed by atoms with E-state index in [2.05, 4.69) is 43.2 Å². The molecule has 2 atom stereocenters. The second-order valence-corrected chi connectivity index (χ2v) is 7.53. The molecule has 0 saturated carbocycles. The summed E-state index contributed by atoms with van der Waals surface area (Å²) in [6.07, 6.45) is 2.42. The molecule has 1 fully saturated rings. The average Bonchev–Trinajstić information content (AvgIpc) is 2.85. The van der Waals surface area contributed by atoms with Crippen molar-refractivity contribution in [3.63, 3.8) is 0 Å². The minimum Gasteiger partial charge on any atom is -0.308 e. The topological polar surface area (TPSA) is 55.1 Å². The van der Waals surface area contributed by atoms with Gasteiger partial charge in [0.2, 0.25) is 4.96 Å². The maximum Gasteiger partial charge on any atom is 0.234 e. The SMILES string of the molecule is CC1CCNC(c2nn3c(C(C)(C)C)nnc3s2)C1. The Morgan fingerprint density at radius 1 is 1.32 bits per heavy atom. The summed E-state index contributed by atoms with van der Waals surface area (Å²) >= 11 is 1.66. The maximum absolute atomic E-state index is 4.74. The molecule has 19 heavy (non-hydrogen) atoms. The van der Waals surface area contributed by atoms with Crippen molar-refractivity contribution in [2.24, 2.45) is 5.92 Å². The Balaban J connectivity index is 1.96. The number of hydrogen-bond acceptors (Lipinski definition) is 5. The third-order valence-corrected chi connectivity index (χ3v) is 4.65. The summed E-state index contributed by atoms with van der Waals surface area (Å²) < 4.78 is 1.92. The summed E-state index contributed by atoms with van der Waals surface area (Å²) in [5, 5.41) is 18.0. The molecule has 0 amide bonds. The van der Waals surface area contributed by atoms with Gasteiger partial charge in [-0.25, -0.2) is 0 Å². The Morgan fingerprint density at radius 3 is 2.79 bits per heavy atom. The number of piperidine rings is 1. The average molecular weight is 279 g/mol. The summed E-state index contributed by atoms with van der Waals surface area (Å²) in [6, 6.07) is 0.378. The van der Waals surface area contributed by atoms with E-state index in [0.717, 1.165) is 34.7 Å². The Morgan fingerprint density at radius 2 is 2.11 bits per heavy atom. The highest BCUT2D eigenvalue weighted by molar-refractivity contribution is 7.16. The number of hydrogen-bond donors (Lipinski definition) is 1. The molecule has 3 heterocycles.